The van der Waals surface area contributed by atoms with E-state index in [0.29, 0.717) is 19.1 Å². The largest absolute Gasteiger partial charge is 0.383 e. The van der Waals surface area contributed by atoms with Crippen LogP contribution in [0.25, 0.3) is 0 Å². The predicted molar refractivity (Wildman–Crippen MR) is 88.3 cm³/mol. The van der Waals surface area contributed by atoms with Gasteiger partial charge in [0.1, 0.15) is 5.82 Å². The second-order valence-corrected chi connectivity index (χ2v) is 6.63. The maximum Gasteiger partial charge on any atom is 0.236 e. The van der Waals surface area contributed by atoms with Crippen LogP contribution in [0, 0.1) is 0 Å². The number of hydrogen-bond acceptors (Lipinski definition) is 4. The number of carbonyl (C=O) groups is 1. The van der Waals surface area contributed by atoms with Crippen LogP contribution in [0.3, 0.4) is 0 Å². The molecule has 0 unspecified atom stereocenters. The van der Waals surface area contributed by atoms with Gasteiger partial charge in [0, 0.05) is 45.1 Å². The third-order valence-corrected chi connectivity index (χ3v) is 4.98. The van der Waals surface area contributed by atoms with E-state index in [1.807, 2.05) is 17.3 Å². The molecule has 0 spiro atoms. The highest BCUT2D eigenvalue weighted by Crippen LogP contribution is 2.26. The molecule has 1 aromatic rings. The molecule has 6 heteroatoms. The van der Waals surface area contributed by atoms with Crippen LogP contribution >= 0.6 is 0 Å². The summed E-state index contributed by atoms with van der Waals surface area (Å²) in [5.74, 6) is 1.73. The molecule has 3 heterocycles. The fraction of sp³-hybridized carbons (Fsp3) is 0.765. The summed E-state index contributed by atoms with van der Waals surface area (Å²) in [6, 6.07) is 0. The standard InChI is InChI=1S/C17H28N4O2/c1-23-12-11-20-10-6-18-17(20)15-5-4-9-21(13-15)16(22)14-19-7-2-3-8-19/h6,10,15H,2-5,7-9,11-14H2,1H3/t15-/m1/s1. The van der Waals surface area contributed by atoms with Gasteiger partial charge in [0.05, 0.1) is 13.2 Å². The molecular weight excluding hydrogens is 292 g/mol. The summed E-state index contributed by atoms with van der Waals surface area (Å²) >= 11 is 0. The first-order valence-corrected chi connectivity index (χ1v) is 8.78. The van der Waals surface area contributed by atoms with Crippen LogP contribution in [-0.2, 0) is 16.1 Å². The van der Waals surface area contributed by atoms with E-state index in [1.165, 1.54) is 12.8 Å². The van der Waals surface area contributed by atoms with Gasteiger partial charge in [-0.05, 0) is 38.8 Å². The molecule has 0 radical (unpaired) electrons. The number of hydrogen-bond donors (Lipinski definition) is 0. The maximum atomic E-state index is 12.6. The van der Waals surface area contributed by atoms with Gasteiger partial charge < -0.3 is 14.2 Å². The topological polar surface area (TPSA) is 50.6 Å². The zero-order valence-electron chi connectivity index (χ0n) is 14.1. The first-order chi connectivity index (χ1) is 11.3. The van der Waals surface area contributed by atoms with Crippen molar-refractivity contribution < 1.29 is 9.53 Å². The lowest BCUT2D eigenvalue weighted by Crippen LogP contribution is -2.44. The van der Waals surface area contributed by atoms with Gasteiger partial charge >= 0.3 is 0 Å². The third kappa shape index (κ3) is 4.12. The Labute approximate surface area is 138 Å². The number of likely N-dealkylation sites (tertiary alicyclic amines) is 2. The number of rotatable bonds is 6. The van der Waals surface area contributed by atoms with E-state index in [2.05, 4.69) is 14.5 Å². The molecule has 23 heavy (non-hydrogen) atoms. The predicted octanol–water partition coefficient (Wildman–Crippen LogP) is 1.33. The summed E-state index contributed by atoms with van der Waals surface area (Å²) in [5, 5.41) is 0. The average Bonchev–Trinajstić information content (AvgIpc) is 3.24. The number of carbonyl (C=O) groups excluding carboxylic acids is 1. The van der Waals surface area contributed by atoms with Crippen LogP contribution in [0.1, 0.15) is 37.4 Å². The minimum absolute atomic E-state index is 0.284. The highest BCUT2D eigenvalue weighted by Gasteiger charge is 2.28. The molecule has 3 rings (SSSR count). The van der Waals surface area contributed by atoms with Gasteiger partial charge in [-0.1, -0.05) is 0 Å². The molecule has 1 aromatic heterocycles. The fourth-order valence-corrected chi connectivity index (χ4v) is 3.71. The highest BCUT2D eigenvalue weighted by molar-refractivity contribution is 5.78. The van der Waals surface area contributed by atoms with Crippen molar-refractivity contribution in [2.75, 3.05) is 46.4 Å². The number of ether oxygens (including phenoxy) is 1. The van der Waals surface area contributed by atoms with Crippen molar-refractivity contribution in [3.05, 3.63) is 18.2 Å². The van der Waals surface area contributed by atoms with Crippen LogP contribution in [0.2, 0.25) is 0 Å². The molecule has 2 saturated heterocycles. The van der Waals surface area contributed by atoms with Gasteiger partial charge in [0.2, 0.25) is 5.91 Å². The first kappa shape index (κ1) is 16.5. The monoisotopic (exact) mass is 320 g/mol. The van der Waals surface area contributed by atoms with Crippen LogP contribution in [0.5, 0.6) is 0 Å². The zero-order valence-corrected chi connectivity index (χ0v) is 14.1. The van der Waals surface area contributed by atoms with E-state index < -0.39 is 0 Å². The van der Waals surface area contributed by atoms with E-state index in [0.717, 1.165) is 51.4 Å². The Hall–Kier alpha value is -1.40. The molecular formula is C17H28N4O2. The molecule has 128 valence electrons. The SMILES string of the molecule is COCCn1ccnc1[C@@H]1CCCN(C(=O)CN2CCCC2)C1. The average molecular weight is 320 g/mol. The summed E-state index contributed by atoms with van der Waals surface area (Å²) < 4.78 is 7.34. The summed E-state index contributed by atoms with van der Waals surface area (Å²) in [4.78, 5) is 21.4. The number of amides is 1. The van der Waals surface area contributed by atoms with Crippen molar-refractivity contribution in [3.8, 4) is 0 Å². The van der Waals surface area contributed by atoms with Crippen LogP contribution < -0.4 is 0 Å². The Morgan fingerprint density at radius 3 is 2.91 bits per heavy atom. The fourth-order valence-electron chi connectivity index (χ4n) is 3.71. The Morgan fingerprint density at radius 1 is 1.30 bits per heavy atom. The van der Waals surface area contributed by atoms with Gasteiger partial charge in [0.25, 0.3) is 0 Å². The quantitative estimate of drug-likeness (QED) is 0.793. The first-order valence-electron chi connectivity index (χ1n) is 8.78. The van der Waals surface area contributed by atoms with E-state index in [1.54, 1.807) is 7.11 Å². The maximum absolute atomic E-state index is 12.6. The number of piperidine rings is 1. The molecule has 6 nitrogen and oxygen atoms in total. The highest BCUT2D eigenvalue weighted by atomic mass is 16.5. The molecule has 1 amide bonds. The van der Waals surface area contributed by atoms with Crippen molar-refractivity contribution >= 4 is 5.91 Å². The van der Waals surface area contributed by atoms with Crippen molar-refractivity contribution in [3.63, 3.8) is 0 Å². The van der Waals surface area contributed by atoms with Gasteiger partial charge in [0.15, 0.2) is 0 Å². The second kappa shape index (κ2) is 7.93. The lowest BCUT2D eigenvalue weighted by Gasteiger charge is -2.33. The molecule has 0 bridgehead atoms. The second-order valence-electron chi connectivity index (χ2n) is 6.63. The van der Waals surface area contributed by atoms with Crippen LogP contribution in [0.15, 0.2) is 12.4 Å². The molecule has 2 aliphatic heterocycles. The van der Waals surface area contributed by atoms with Crippen molar-refractivity contribution in [1.82, 2.24) is 19.4 Å². The van der Waals surface area contributed by atoms with E-state index in [-0.39, 0.29) is 5.91 Å². The molecule has 0 saturated carbocycles. The number of aromatic nitrogens is 2. The third-order valence-electron chi connectivity index (χ3n) is 4.98. The molecule has 0 N–H and O–H groups in total. The van der Waals surface area contributed by atoms with Crippen molar-refractivity contribution in [2.45, 2.75) is 38.1 Å². The van der Waals surface area contributed by atoms with Crippen molar-refractivity contribution in [1.29, 1.82) is 0 Å². The summed E-state index contributed by atoms with van der Waals surface area (Å²) in [5.41, 5.74) is 0. The van der Waals surface area contributed by atoms with Gasteiger partial charge in [-0.25, -0.2) is 4.98 Å². The smallest absolute Gasteiger partial charge is 0.236 e. The summed E-state index contributed by atoms with van der Waals surface area (Å²) in [6.07, 6.45) is 8.50. The minimum Gasteiger partial charge on any atom is -0.383 e. The Balaban J connectivity index is 1.59. The Morgan fingerprint density at radius 2 is 2.13 bits per heavy atom. The summed E-state index contributed by atoms with van der Waals surface area (Å²) in [6.45, 7) is 5.94. The lowest BCUT2D eigenvalue weighted by atomic mass is 9.97. The van der Waals surface area contributed by atoms with E-state index in [4.69, 9.17) is 4.74 Å². The molecule has 2 fully saturated rings. The number of imidazole rings is 1. The Bertz CT molecular complexity index is 510. The van der Waals surface area contributed by atoms with Gasteiger partial charge in [-0.3, -0.25) is 9.69 Å². The number of methoxy groups -OCH3 is 1. The van der Waals surface area contributed by atoms with Crippen LogP contribution in [0.4, 0.5) is 0 Å². The van der Waals surface area contributed by atoms with E-state index >= 15 is 0 Å². The van der Waals surface area contributed by atoms with Crippen molar-refractivity contribution in [2.24, 2.45) is 0 Å². The minimum atomic E-state index is 0.284. The summed E-state index contributed by atoms with van der Waals surface area (Å²) in [7, 11) is 1.72. The van der Waals surface area contributed by atoms with Gasteiger partial charge in [-0.15, -0.1) is 0 Å². The molecule has 2 aliphatic rings. The normalized spacial score (nSPS) is 22.7. The Kier molecular flexibility index (Phi) is 5.67. The molecule has 0 aliphatic carbocycles. The molecule has 0 aromatic carbocycles. The number of nitrogens with zero attached hydrogens (tertiary/aromatic N) is 4. The zero-order chi connectivity index (χ0) is 16.1. The van der Waals surface area contributed by atoms with E-state index in [9.17, 15) is 4.79 Å². The van der Waals surface area contributed by atoms with Crippen LogP contribution in [-0.4, -0.2) is 71.7 Å². The van der Waals surface area contributed by atoms with Gasteiger partial charge in [-0.2, -0.15) is 0 Å². The lowest BCUT2D eigenvalue weighted by molar-refractivity contribution is -0.133. The molecule has 1 atom stereocenters.